The van der Waals surface area contributed by atoms with Gasteiger partial charge in [-0.25, -0.2) is 4.39 Å². The van der Waals surface area contributed by atoms with Gasteiger partial charge in [-0.3, -0.25) is 4.79 Å². The summed E-state index contributed by atoms with van der Waals surface area (Å²) >= 11 is 0. The van der Waals surface area contributed by atoms with E-state index in [2.05, 4.69) is 0 Å². The molecular weight excluding hydrogens is 277 g/mol. The Morgan fingerprint density at radius 2 is 1.95 bits per heavy atom. The molecule has 3 heteroatoms. The van der Waals surface area contributed by atoms with Crippen molar-refractivity contribution in [2.75, 3.05) is 11.4 Å². The maximum absolute atomic E-state index is 14.1. The zero-order valence-electron chi connectivity index (χ0n) is 12.8. The van der Waals surface area contributed by atoms with E-state index in [0.717, 1.165) is 24.0 Å². The first kappa shape index (κ1) is 14.8. The topological polar surface area (TPSA) is 20.3 Å². The van der Waals surface area contributed by atoms with Gasteiger partial charge in [-0.05, 0) is 36.0 Å². The second-order valence-electron chi connectivity index (χ2n) is 5.91. The van der Waals surface area contributed by atoms with Gasteiger partial charge < -0.3 is 4.90 Å². The van der Waals surface area contributed by atoms with E-state index in [-0.39, 0.29) is 17.6 Å². The van der Waals surface area contributed by atoms with Crippen LogP contribution in [0.15, 0.2) is 48.5 Å². The average molecular weight is 297 g/mol. The monoisotopic (exact) mass is 297 g/mol. The zero-order chi connectivity index (χ0) is 15.5. The van der Waals surface area contributed by atoms with Crippen molar-refractivity contribution in [3.63, 3.8) is 0 Å². The summed E-state index contributed by atoms with van der Waals surface area (Å²) in [5, 5.41) is 0. The van der Waals surface area contributed by atoms with E-state index in [1.54, 1.807) is 11.0 Å². The summed E-state index contributed by atoms with van der Waals surface area (Å²) in [4.78, 5) is 14.3. The predicted molar refractivity (Wildman–Crippen MR) is 86.5 cm³/mol. The highest BCUT2D eigenvalue weighted by atomic mass is 19.1. The minimum Gasteiger partial charge on any atom is -0.309 e. The van der Waals surface area contributed by atoms with Crippen LogP contribution in [0.4, 0.5) is 10.1 Å². The molecule has 114 valence electrons. The average Bonchev–Trinajstić information content (AvgIpc) is 2.55. The van der Waals surface area contributed by atoms with Crippen LogP contribution in [0.2, 0.25) is 0 Å². The zero-order valence-corrected chi connectivity index (χ0v) is 12.8. The van der Waals surface area contributed by atoms with Gasteiger partial charge in [0.1, 0.15) is 5.82 Å². The van der Waals surface area contributed by atoms with Crippen molar-refractivity contribution in [1.82, 2.24) is 0 Å². The number of hydrogen-bond donors (Lipinski definition) is 0. The molecule has 1 heterocycles. The van der Waals surface area contributed by atoms with Gasteiger partial charge >= 0.3 is 0 Å². The molecule has 2 aromatic carbocycles. The molecule has 0 radical (unpaired) electrons. The number of aryl methyl sites for hydroxylation is 1. The Morgan fingerprint density at radius 1 is 1.18 bits per heavy atom. The quantitative estimate of drug-likeness (QED) is 0.827. The summed E-state index contributed by atoms with van der Waals surface area (Å²) in [5.74, 6) is -0.161. The molecule has 1 amide bonds. The van der Waals surface area contributed by atoms with Crippen molar-refractivity contribution in [2.24, 2.45) is 0 Å². The second-order valence-corrected chi connectivity index (χ2v) is 5.91. The Kier molecular flexibility index (Phi) is 4.23. The maximum Gasteiger partial charge on any atom is 0.227 e. The highest BCUT2D eigenvalue weighted by molar-refractivity contribution is 5.95. The number of carbonyl (C=O) groups is 1. The SMILES string of the molecule is CC(CC(=O)N1CCCc2cccc(F)c21)c1ccccc1. The molecular formula is C19H20FNO. The van der Waals surface area contributed by atoms with Gasteiger partial charge in [-0.2, -0.15) is 0 Å². The normalized spacial score (nSPS) is 15.3. The van der Waals surface area contributed by atoms with Crippen LogP contribution in [0, 0.1) is 5.82 Å². The van der Waals surface area contributed by atoms with Crippen molar-refractivity contribution >= 4 is 11.6 Å². The smallest absolute Gasteiger partial charge is 0.227 e. The minimum atomic E-state index is -0.294. The van der Waals surface area contributed by atoms with Gasteiger partial charge in [-0.15, -0.1) is 0 Å². The number of para-hydroxylation sites is 1. The molecule has 0 spiro atoms. The highest BCUT2D eigenvalue weighted by Gasteiger charge is 2.26. The lowest BCUT2D eigenvalue weighted by Crippen LogP contribution is -2.36. The number of rotatable bonds is 3. The van der Waals surface area contributed by atoms with Crippen LogP contribution in [-0.2, 0) is 11.2 Å². The van der Waals surface area contributed by atoms with Crippen molar-refractivity contribution in [3.05, 3.63) is 65.5 Å². The summed E-state index contributed by atoms with van der Waals surface area (Å²) in [6.07, 6.45) is 2.13. The second kappa shape index (κ2) is 6.30. The van der Waals surface area contributed by atoms with Crippen molar-refractivity contribution in [3.8, 4) is 0 Å². The van der Waals surface area contributed by atoms with Crippen molar-refractivity contribution in [1.29, 1.82) is 0 Å². The van der Waals surface area contributed by atoms with Gasteiger partial charge in [0.25, 0.3) is 0 Å². The third kappa shape index (κ3) is 2.89. The first-order valence-electron chi connectivity index (χ1n) is 7.79. The standard InChI is InChI=1S/C19H20FNO/c1-14(15-7-3-2-4-8-15)13-18(22)21-12-6-10-16-9-5-11-17(20)19(16)21/h2-5,7-9,11,14H,6,10,12-13H2,1H3. The maximum atomic E-state index is 14.1. The van der Waals surface area contributed by atoms with Gasteiger partial charge in [0.15, 0.2) is 0 Å². The van der Waals surface area contributed by atoms with Crippen LogP contribution in [-0.4, -0.2) is 12.5 Å². The lowest BCUT2D eigenvalue weighted by molar-refractivity contribution is -0.119. The summed E-state index contributed by atoms with van der Waals surface area (Å²) < 4.78 is 14.1. The molecule has 22 heavy (non-hydrogen) atoms. The molecule has 0 fully saturated rings. The van der Waals surface area contributed by atoms with Gasteiger partial charge in [0.05, 0.1) is 5.69 Å². The minimum absolute atomic E-state index is 0.00223. The molecule has 2 nitrogen and oxygen atoms in total. The third-order valence-electron chi connectivity index (χ3n) is 4.32. The van der Waals surface area contributed by atoms with E-state index in [1.807, 2.05) is 43.3 Å². The molecule has 0 aliphatic carbocycles. The van der Waals surface area contributed by atoms with Crippen LogP contribution < -0.4 is 4.90 Å². The molecule has 0 saturated heterocycles. The number of benzene rings is 2. The molecule has 1 aliphatic heterocycles. The molecule has 0 N–H and O–H groups in total. The van der Waals surface area contributed by atoms with Gasteiger partial charge in [0, 0.05) is 13.0 Å². The predicted octanol–water partition coefficient (Wildman–Crippen LogP) is 4.30. The van der Waals surface area contributed by atoms with E-state index in [4.69, 9.17) is 0 Å². The molecule has 0 bridgehead atoms. The Bertz CT molecular complexity index is 668. The fourth-order valence-corrected chi connectivity index (χ4v) is 3.12. The van der Waals surface area contributed by atoms with Crippen LogP contribution in [0.3, 0.4) is 0 Å². The number of carbonyl (C=O) groups excluding carboxylic acids is 1. The summed E-state index contributed by atoms with van der Waals surface area (Å²) in [6, 6.07) is 15.1. The number of halogens is 1. The molecule has 1 aliphatic rings. The van der Waals surface area contributed by atoms with E-state index in [9.17, 15) is 9.18 Å². The Balaban J connectivity index is 1.80. The van der Waals surface area contributed by atoms with Crippen LogP contribution >= 0.6 is 0 Å². The number of amides is 1. The summed E-state index contributed by atoms with van der Waals surface area (Å²) in [7, 11) is 0. The van der Waals surface area contributed by atoms with Gasteiger partial charge in [0.2, 0.25) is 5.91 Å². The van der Waals surface area contributed by atoms with Crippen molar-refractivity contribution in [2.45, 2.75) is 32.1 Å². The fraction of sp³-hybridized carbons (Fsp3) is 0.316. The third-order valence-corrected chi connectivity index (χ3v) is 4.32. The molecule has 2 aromatic rings. The van der Waals surface area contributed by atoms with Crippen LogP contribution in [0.25, 0.3) is 0 Å². The molecule has 0 saturated carbocycles. The van der Waals surface area contributed by atoms with Crippen LogP contribution in [0.5, 0.6) is 0 Å². The van der Waals surface area contributed by atoms with E-state index in [1.165, 1.54) is 6.07 Å². The Morgan fingerprint density at radius 3 is 2.73 bits per heavy atom. The summed E-state index contributed by atoms with van der Waals surface area (Å²) in [6.45, 7) is 2.65. The number of nitrogens with zero attached hydrogens (tertiary/aromatic N) is 1. The first-order chi connectivity index (χ1) is 10.7. The molecule has 0 aromatic heterocycles. The fourth-order valence-electron chi connectivity index (χ4n) is 3.12. The van der Waals surface area contributed by atoms with Gasteiger partial charge in [-0.1, -0.05) is 49.4 Å². The summed E-state index contributed by atoms with van der Waals surface area (Å²) in [5.41, 5.74) is 2.56. The largest absolute Gasteiger partial charge is 0.309 e. The molecule has 1 unspecified atom stereocenters. The first-order valence-corrected chi connectivity index (χ1v) is 7.79. The van der Waals surface area contributed by atoms with E-state index in [0.29, 0.717) is 18.7 Å². The van der Waals surface area contributed by atoms with Crippen LogP contribution in [0.1, 0.15) is 36.8 Å². The number of fused-ring (bicyclic) bond motifs is 1. The molecule has 1 atom stereocenters. The van der Waals surface area contributed by atoms with Crippen molar-refractivity contribution < 1.29 is 9.18 Å². The Labute approximate surface area is 130 Å². The number of hydrogen-bond acceptors (Lipinski definition) is 1. The number of anilines is 1. The lowest BCUT2D eigenvalue weighted by Gasteiger charge is -2.30. The van der Waals surface area contributed by atoms with E-state index < -0.39 is 0 Å². The molecule has 3 rings (SSSR count). The highest BCUT2D eigenvalue weighted by Crippen LogP contribution is 2.31. The Hall–Kier alpha value is -2.16. The van der Waals surface area contributed by atoms with E-state index >= 15 is 0 Å². The lowest BCUT2D eigenvalue weighted by atomic mass is 9.95.